The molecule has 0 aliphatic heterocycles. The fourth-order valence-electron chi connectivity index (χ4n) is 2.87. The third-order valence-electron chi connectivity index (χ3n) is 4.51. The Hall–Kier alpha value is -2.77. The van der Waals surface area contributed by atoms with Crippen LogP contribution in [0.1, 0.15) is 35.4 Å². The minimum Gasteiger partial charge on any atom is -0.508 e. The van der Waals surface area contributed by atoms with Crippen LogP contribution in [0.5, 0.6) is 23.0 Å². The van der Waals surface area contributed by atoms with Gasteiger partial charge in [-0.05, 0) is 36.8 Å². The summed E-state index contributed by atoms with van der Waals surface area (Å²) >= 11 is 0. The summed E-state index contributed by atoms with van der Waals surface area (Å²) in [6.07, 6.45) is -0.512. The molecule has 0 radical (unpaired) electrons. The first kappa shape index (κ1) is 21.5. The van der Waals surface area contributed by atoms with E-state index in [4.69, 9.17) is 14.2 Å². The number of hydrogen-bond acceptors (Lipinski definition) is 7. The molecule has 7 heteroatoms. The maximum atomic E-state index is 12.6. The van der Waals surface area contributed by atoms with Gasteiger partial charge in [0.1, 0.15) is 5.75 Å². The quantitative estimate of drug-likeness (QED) is 0.538. The van der Waals surface area contributed by atoms with Crippen molar-refractivity contribution in [2.75, 3.05) is 27.9 Å². The highest BCUT2D eigenvalue weighted by atomic mass is 16.5. The van der Waals surface area contributed by atoms with E-state index in [9.17, 15) is 15.0 Å². The Morgan fingerprint density at radius 3 is 2.11 bits per heavy atom. The number of phenolic OH excluding ortho intramolecular Hbond substituents is 1. The SMILES string of the molecule is COc1cc(C(=O)CCNC(C)C(O)c2ccc(O)cc2)cc(OC)c1OC. The Bertz CT molecular complexity index is 765. The molecule has 0 aliphatic carbocycles. The van der Waals surface area contributed by atoms with E-state index in [1.54, 1.807) is 24.3 Å². The minimum atomic E-state index is -0.753. The number of rotatable bonds is 10. The summed E-state index contributed by atoms with van der Waals surface area (Å²) in [5, 5.41) is 22.9. The number of Topliss-reactive ketones (excluding diaryl/α,β-unsaturated/α-hetero) is 1. The van der Waals surface area contributed by atoms with Crippen molar-refractivity contribution in [3.05, 3.63) is 47.5 Å². The van der Waals surface area contributed by atoms with E-state index in [-0.39, 0.29) is 24.0 Å². The number of nitrogens with one attached hydrogen (secondary N) is 1. The Kier molecular flexibility index (Phi) is 7.66. The van der Waals surface area contributed by atoms with Crippen LogP contribution in [0.25, 0.3) is 0 Å². The predicted molar refractivity (Wildman–Crippen MR) is 106 cm³/mol. The molecule has 2 unspecified atom stereocenters. The Morgan fingerprint density at radius 1 is 1.04 bits per heavy atom. The van der Waals surface area contributed by atoms with E-state index in [0.29, 0.717) is 34.9 Å². The summed E-state index contributed by atoms with van der Waals surface area (Å²) in [5.41, 5.74) is 1.15. The molecule has 0 aromatic heterocycles. The Balaban J connectivity index is 1.97. The molecular weight excluding hydrogens is 362 g/mol. The van der Waals surface area contributed by atoms with Crippen molar-refractivity contribution >= 4 is 5.78 Å². The van der Waals surface area contributed by atoms with Gasteiger partial charge in [0.05, 0.1) is 27.4 Å². The topological polar surface area (TPSA) is 97.3 Å². The zero-order valence-corrected chi connectivity index (χ0v) is 16.6. The molecule has 0 amide bonds. The van der Waals surface area contributed by atoms with Gasteiger partial charge in [0.15, 0.2) is 17.3 Å². The lowest BCUT2D eigenvalue weighted by molar-refractivity contribution is 0.0971. The van der Waals surface area contributed by atoms with E-state index >= 15 is 0 Å². The van der Waals surface area contributed by atoms with Gasteiger partial charge in [-0.3, -0.25) is 4.79 Å². The van der Waals surface area contributed by atoms with Gasteiger partial charge in [-0.2, -0.15) is 0 Å². The molecule has 152 valence electrons. The molecule has 0 spiro atoms. The molecule has 0 heterocycles. The first-order chi connectivity index (χ1) is 13.4. The van der Waals surface area contributed by atoms with Crippen LogP contribution in [0.2, 0.25) is 0 Å². The highest BCUT2D eigenvalue weighted by Gasteiger charge is 2.19. The smallest absolute Gasteiger partial charge is 0.203 e. The average molecular weight is 389 g/mol. The van der Waals surface area contributed by atoms with Crippen molar-refractivity contribution in [3.8, 4) is 23.0 Å². The van der Waals surface area contributed by atoms with Gasteiger partial charge in [0.2, 0.25) is 5.75 Å². The second kappa shape index (κ2) is 9.96. The first-order valence-electron chi connectivity index (χ1n) is 8.94. The zero-order valence-electron chi connectivity index (χ0n) is 16.6. The monoisotopic (exact) mass is 389 g/mol. The van der Waals surface area contributed by atoms with Crippen molar-refractivity contribution in [3.63, 3.8) is 0 Å². The number of phenols is 1. The largest absolute Gasteiger partial charge is 0.508 e. The van der Waals surface area contributed by atoms with Crippen LogP contribution in [-0.2, 0) is 0 Å². The summed E-state index contributed by atoms with van der Waals surface area (Å²) in [7, 11) is 4.51. The molecule has 2 atom stereocenters. The predicted octanol–water partition coefficient (Wildman–Crippen LogP) is 2.70. The summed E-state index contributed by atoms with van der Waals surface area (Å²) in [6.45, 7) is 2.23. The molecular formula is C21H27NO6. The van der Waals surface area contributed by atoms with Crippen molar-refractivity contribution in [1.82, 2.24) is 5.32 Å². The molecule has 2 rings (SSSR count). The second-order valence-corrected chi connectivity index (χ2v) is 6.37. The number of carbonyl (C=O) groups is 1. The summed E-state index contributed by atoms with van der Waals surface area (Å²) in [4.78, 5) is 12.6. The Labute approximate surface area is 164 Å². The molecule has 0 saturated carbocycles. The molecule has 0 bridgehead atoms. The van der Waals surface area contributed by atoms with Gasteiger partial charge in [0, 0.05) is 24.6 Å². The third kappa shape index (κ3) is 5.15. The molecule has 28 heavy (non-hydrogen) atoms. The fraction of sp³-hybridized carbons (Fsp3) is 0.381. The van der Waals surface area contributed by atoms with E-state index in [1.165, 1.54) is 33.5 Å². The molecule has 0 aliphatic rings. The van der Waals surface area contributed by atoms with E-state index < -0.39 is 6.10 Å². The molecule has 2 aromatic rings. The van der Waals surface area contributed by atoms with Gasteiger partial charge in [-0.25, -0.2) is 0 Å². The number of aliphatic hydroxyl groups is 1. The summed E-state index contributed by atoms with van der Waals surface area (Å²) in [6, 6.07) is 9.37. The number of ether oxygens (including phenoxy) is 3. The van der Waals surface area contributed by atoms with Crippen LogP contribution >= 0.6 is 0 Å². The maximum absolute atomic E-state index is 12.6. The van der Waals surface area contributed by atoms with Crippen molar-refractivity contribution in [1.29, 1.82) is 0 Å². The standard InChI is InChI=1S/C21H27NO6/c1-13(20(25)14-5-7-16(23)8-6-14)22-10-9-17(24)15-11-18(26-2)21(28-4)19(12-15)27-3/h5-8,11-13,20,22-23,25H,9-10H2,1-4H3. The van der Waals surface area contributed by atoms with Crippen LogP contribution in [0, 0.1) is 0 Å². The van der Waals surface area contributed by atoms with E-state index in [1.807, 2.05) is 6.92 Å². The lowest BCUT2D eigenvalue weighted by Gasteiger charge is -2.20. The van der Waals surface area contributed by atoms with Crippen LogP contribution in [0.4, 0.5) is 0 Å². The van der Waals surface area contributed by atoms with Crippen LogP contribution in [-0.4, -0.2) is 49.9 Å². The number of aliphatic hydroxyl groups excluding tert-OH is 1. The van der Waals surface area contributed by atoms with Crippen molar-refractivity contribution < 1.29 is 29.2 Å². The third-order valence-corrected chi connectivity index (χ3v) is 4.51. The Morgan fingerprint density at radius 2 is 1.61 bits per heavy atom. The number of methoxy groups -OCH3 is 3. The first-order valence-corrected chi connectivity index (χ1v) is 8.94. The zero-order chi connectivity index (χ0) is 20.7. The van der Waals surface area contributed by atoms with Crippen LogP contribution in [0.3, 0.4) is 0 Å². The van der Waals surface area contributed by atoms with Crippen molar-refractivity contribution in [2.45, 2.75) is 25.5 Å². The molecule has 0 saturated heterocycles. The van der Waals surface area contributed by atoms with Gasteiger partial charge >= 0.3 is 0 Å². The second-order valence-electron chi connectivity index (χ2n) is 6.37. The van der Waals surface area contributed by atoms with E-state index in [2.05, 4.69) is 5.32 Å². The lowest BCUT2D eigenvalue weighted by atomic mass is 10.0. The highest BCUT2D eigenvalue weighted by molar-refractivity contribution is 5.97. The summed E-state index contributed by atoms with van der Waals surface area (Å²) < 4.78 is 15.8. The van der Waals surface area contributed by atoms with Crippen molar-refractivity contribution in [2.24, 2.45) is 0 Å². The highest BCUT2D eigenvalue weighted by Crippen LogP contribution is 2.38. The minimum absolute atomic E-state index is 0.0851. The summed E-state index contributed by atoms with van der Waals surface area (Å²) in [5.74, 6) is 1.35. The number of benzene rings is 2. The average Bonchev–Trinajstić information content (AvgIpc) is 2.72. The van der Waals surface area contributed by atoms with Gasteiger partial charge in [0.25, 0.3) is 0 Å². The van der Waals surface area contributed by atoms with Gasteiger partial charge < -0.3 is 29.7 Å². The fourth-order valence-corrected chi connectivity index (χ4v) is 2.87. The maximum Gasteiger partial charge on any atom is 0.203 e. The number of hydrogen-bond donors (Lipinski definition) is 3. The molecule has 2 aromatic carbocycles. The van der Waals surface area contributed by atoms with Crippen LogP contribution < -0.4 is 19.5 Å². The van der Waals surface area contributed by atoms with Gasteiger partial charge in [-0.1, -0.05) is 12.1 Å². The van der Waals surface area contributed by atoms with E-state index in [0.717, 1.165) is 0 Å². The molecule has 3 N–H and O–H groups in total. The number of ketones is 1. The lowest BCUT2D eigenvalue weighted by Crippen LogP contribution is -2.33. The number of aromatic hydroxyl groups is 1. The molecule has 7 nitrogen and oxygen atoms in total. The van der Waals surface area contributed by atoms with Gasteiger partial charge in [-0.15, -0.1) is 0 Å². The number of carbonyl (C=O) groups excluding carboxylic acids is 1. The normalized spacial score (nSPS) is 12.9. The molecule has 0 fully saturated rings. The van der Waals surface area contributed by atoms with Crippen LogP contribution in [0.15, 0.2) is 36.4 Å².